The van der Waals surface area contributed by atoms with E-state index in [1.807, 2.05) is 35.7 Å². The van der Waals surface area contributed by atoms with Crippen LogP contribution in [0.25, 0.3) is 0 Å². The lowest BCUT2D eigenvalue weighted by Gasteiger charge is -2.18. The lowest BCUT2D eigenvalue weighted by Crippen LogP contribution is -2.31. The molecule has 0 bridgehead atoms. The molecule has 2 aromatic rings. The Morgan fingerprint density at radius 1 is 1.23 bits per heavy atom. The second kappa shape index (κ2) is 8.10. The zero-order chi connectivity index (χ0) is 15.9. The molecule has 1 aromatic heterocycles. The first-order valence-corrected chi connectivity index (χ1v) is 8.54. The van der Waals surface area contributed by atoms with Crippen molar-refractivity contribution in [2.45, 2.75) is 13.0 Å². The molecule has 0 fully saturated rings. The largest absolute Gasteiger partial charge is 0.351 e. The fourth-order valence-electron chi connectivity index (χ4n) is 1.94. The van der Waals surface area contributed by atoms with E-state index in [4.69, 9.17) is 0 Å². The SMILES string of the molecule is CN(Cc1ccccc1Br)C(=O)CCNC(=O)c1cccs1. The lowest BCUT2D eigenvalue weighted by atomic mass is 10.2. The molecule has 1 heterocycles. The summed E-state index contributed by atoms with van der Waals surface area (Å²) in [7, 11) is 1.77. The third-order valence-electron chi connectivity index (χ3n) is 3.16. The quantitative estimate of drug-likeness (QED) is 0.835. The van der Waals surface area contributed by atoms with Crippen LogP contribution in [0, 0.1) is 0 Å². The maximum atomic E-state index is 12.1. The van der Waals surface area contributed by atoms with Gasteiger partial charge in [0.1, 0.15) is 0 Å². The number of hydrogen-bond donors (Lipinski definition) is 1. The predicted molar refractivity (Wildman–Crippen MR) is 91.9 cm³/mol. The summed E-state index contributed by atoms with van der Waals surface area (Å²) in [4.78, 5) is 26.2. The number of hydrogen-bond acceptors (Lipinski definition) is 3. The topological polar surface area (TPSA) is 49.4 Å². The number of nitrogens with one attached hydrogen (secondary N) is 1. The van der Waals surface area contributed by atoms with Crippen molar-refractivity contribution in [1.82, 2.24) is 10.2 Å². The first kappa shape index (κ1) is 16.7. The Kier molecular flexibility index (Phi) is 6.15. The molecule has 0 spiro atoms. The number of carbonyl (C=O) groups is 2. The molecule has 4 nitrogen and oxygen atoms in total. The molecule has 116 valence electrons. The Morgan fingerprint density at radius 2 is 2.00 bits per heavy atom. The molecule has 1 N–H and O–H groups in total. The minimum Gasteiger partial charge on any atom is -0.351 e. The van der Waals surface area contributed by atoms with Crippen LogP contribution in [0.5, 0.6) is 0 Å². The standard InChI is InChI=1S/C16H17BrN2O2S/c1-19(11-12-5-2-3-6-13(12)17)15(20)8-9-18-16(21)14-7-4-10-22-14/h2-7,10H,8-9,11H2,1H3,(H,18,21). The minimum atomic E-state index is -0.128. The molecule has 0 saturated carbocycles. The second-order valence-corrected chi connectivity index (χ2v) is 6.63. The molecular weight excluding hydrogens is 364 g/mol. The molecule has 0 aliphatic heterocycles. The van der Waals surface area contributed by atoms with Crippen LogP contribution in [0.4, 0.5) is 0 Å². The van der Waals surface area contributed by atoms with Gasteiger partial charge in [-0.2, -0.15) is 0 Å². The van der Waals surface area contributed by atoms with Crippen LogP contribution >= 0.6 is 27.3 Å². The number of benzene rings is 1. The maximum Gasteiger partial charge on any atom is 0.261 e. The molecule has 22 heavy (non-hydrogen) atoms. The Labute approximate surface area is 142 Å². The van der Waals surface area contributed by atoms with Gasteiger partial charge in [0.05, 0.1) is 4.88 Å². The summed E-state index contributed by atoms with van der Waals surface area (Å²) in [6, 6.07) is 11.4. The van der Waals surface area contributed by atoms with Crippen LogP contribution in [0.3, 0.4) is 0 Å². The zero-order valence-corrected chi connectivity index (χ0v) is 14.6. The number of nitrogens with zero attached hydrogens (tertiary/aromatic N) is 1. The van der Waals surface area contributed by atoms with E-state index in [0.717, 1.165) is 10.0 Å². The lowest BCUT2D eigenvalue weighted by molar-refractivity contribution is -0.130. The Morgan fingerprint density at radius 3 is 2.68 bits per heavy atom. The predicted octanol–water partition coefficient (Wildman–Crippen LogP) is 3.29. The van der Waals surface area contributed by atoms with E-state index in [9.17, 15) is 9.59 Å². The highest BCUT2D eigenvalue weighted by molar-refractivity contribution is 9.10. The molecular formula is C16H17BrN2O2S. The van der Waals surface area contributed by atoms with Gasteiger partial charge >= 0.3 is 0 Å². The Bertz CT molecular complexity index is 643. The number of rotatable bonds is 6. The summed E-state index contributed by atoms with van der Waals surface area (Å²) < 4.78 is 0.987. The van der Waals surface area contributed by atoms with Gasteiger partial charge in [0.15, 0.2) is 0 Å². The van der Waals surface area contributed by atoms with E-state index in [2.05, 4.69) is 21.2 Å². The van der Waals surface area contributed by atoms with Crippen LogP contribution in [0.1, 0.15) is 21.7 Å². The van der Waals surface area contributed by atoms with E-state index in [0.29, 0.717) is 18.0 Å². The smallest absolute Gasteiger partial charge is 0.261 e. The molecule has 0 aliphatic carbocycles. The van der Waals surface area contributed by atoms with Gasteiger partial charge in [-0.25, -0.2) is 0 Å². The fourth-order valence-corrected chi connectivity index (χ4v) is 2.99. The van der Waals surface area contributed by atoms with Crippen molar-refractivity contribution in [3.05, 3.63) is 56.7 Å². The highest BCUT2D eigenvalue weighted by atomic mass is 79.9. The van der Waals surface area contributed by atoms with Crippen molar-refractivity contribution >= 4 is 39.1 Å². The van der Waals surface area contributed by atoms with Gasteiger partial charge in [-0.1, -0.05) is 40.2 Å². The van der Waals surface area contributed by atoms with Crippen molar-refractivity contribution in [2.75, 3.05) is 13.6 Å². The molecule has 0 atom stereocenters. The van der Waals surface area contributed by atoms with Crippen molar-refractivity contribution < 1.29 is 9.59 Å². The van der Waals surface area contributed by atoms with Crippen LogP contribution in [-0.4, -0.2) is 30.3 Å². The summed E-state index contributed by atoms with van der Waals surface area (Å²) in [6.07, 6.45) is 0.290. The Balaban J connectivity index is 1.77. The number of halogens is 1. The van der Waals surface area contributed by atoms with Crippen molar-refractivity contribution in [1.29, 1.82) is 0 Å². The van der Waals surface area contributed by atoms with E-state index < -0.39 is 0 Å². The molecule has 1 aromatic carbocycles. The van der Waals surface area contributed by atoms with Gasteiger partial charge in [-0.05, 0) is 23.1 Å². The monoisotopic (exact) mass is 380 g/mol. The molecule has 0 radical (unpaired) electrons. The van der Waals surface area contributed by atoms with Gasteiger partial charge < -0.3 is 10.2 Å². The minimum absolute atomic E-state index is 0.00207. The van der Waals surface area contributed by atoms with E-state index in [1.54, 1.807) is 18.0 Å². The van der Waals surface area contributed by atoms with E-state index in [1.165, 1.54) is 11.3 Å². The third-order valence-corrected chi connectivity index (χ3v) is 4.80. The molecule has 0 aliphatic rings. The highest BCUT2D eigenvalue weighted by Gasteiger charge is 2.12. The van der Waals surface area contributed by atoms with Crippen LogP contribution in [0.2, 0.25) is 0 Å². The highest BCUT2D eigenvalue weighted by Crippen LogP contribution is 2.17. The number of amides is 2. The van der Waals surface area contributed by atoms with Gasteiger partial charge in [0.2, 0.25) is 5.91 Å². The van der Waals surface area contributed by atoms with Gasteiger partial charge in [0, 0.05) is 31.0 Å². The third kappa shape index (κ3) is 4.68. The van der Waals surface area contributed by atoms with Gasteiger partial charge in [0.25, 0.3) is 5.91 Å². The normalized spacial score (nSPS) is 10.3. The summed E-state index contributed by atoms with van der Waals surface area (Å²) in [5, 5.41) is 4.61. The summed E-state index contributed by atoms with van der Waals surface area (Å²) in [5.41, 5.74) is 1.06. The number of carbonyl (C=O) groups excluding carboxylic acids is 2. The first-order valence-electron chi connectivity index (χ1n) is 6.87. The second-order valence-electron chi connectivity index (χ2n) is 4.82. The summed E-state index contributed by atoms with van der Waals surface area (Å²) in [5.74, 6) is -0.126. The zero-order valence-electron chi connectivity index (χ0n) is 12.2. The summed E-state index contributed by atoms with van der Waals surface area (Å²) in [6.45, 7) is 0.884. The number of thiophene rings is 1. The van der Waals surface area contributed by atoms with Crippen molar-refractivity contribution in [3.63, 3.8) is 0 Å². The van der Waals surface area contributed by atoms with Gasteiger partial charge in [-0.15, -0.1) is 11.3 Å². The maximum absolute atomic E-state index is 12.1. The molecule has 0 saturated heterocycles. The average molecular weight is 381 g/mol. The molecule has 0 unspecified atom stereocenters. The average Bonchev–Trinajstić information content (AvgIpc) is 3.03. The first-order chi connectivity index (χ1) is 10.6. The molecule has 6 heteroatoms. The molecule has 2 amide bonds. The van der Waals surface area contributed by atoms with E-state index >= 15 is 0 Å². The van der Waals surface area contributed by atoms with Crippen LogP contribution in [0.15, 0.2) is 46.3 Å². The van der Waals surface area contributed by atoms with E-state index in [-0.39, 0.29) is 18.2 Å². The van der Waals surface area contributed by atoms with Crippen molar-refractivity contribution in [2.24, 2.45) is 0 Å². The van der Waals surface area contributed by atoms with Crippen molar-refractivity contribution in [3.8, 4) is 0 Å². The molecule has 2 rings (SSSR count). The Hall–Kier alpha value is -1.66. The fraction of sp³-hybridized carbons (Fsp3) is 0.250. The van der Waals surface area contributed by atoms with Crippen LogP contribution < -0.4 is 5.32 Å². The van der Waals surface area contributed by atoms with Crippen LogP contribution in [-0.2, 0) is 11.3 Å². The van der Waals surface area contributed by atoms with Gasteiger partial charge in [-0.3, -0.25) is 9.59 Å². The summed E-state index contributed by atoms with van der Waals surface area (Å²) >= 11 is 4.86.